The molecule has 0 spiro atoms. The molecular weight excluding hydrogens is 414 g/mol. The lowest BCUT2D eigenvalue weighted by Gasteiger charge is -2.33. The van der Waals surface area contributed by atoms with E-state index < -0.39 is 12.0 Å². The number of rotatable bonds is 11. The second-order valence-corrected chi connectivity index (χ2v) is 8.07. The Morgan fingerprint density at radius 2 is 2.09 bits per heavy atom. The van der Waals surface area contributed by atoms with E-state index in [1.807, 2.05) is 6.92 Å². The van der Waals surface area contributed by atoms with E-state index in [4.69, 9.17) is 14.2 Å². The van der Waals surface area contributed by atoms with E-state index in [2.05, 4.69) is 10.6 Å². The van der Waals surface area contributed by atoms with Crippen molar-refractivity contribution in [2.75, 3.05) is 44.8 Å². The molecule has 1 aromatic rings. The lowest BCUT2D eigenvalue weighted by Crippen LogP contribution is -2.57. The fraction of sp³-hybridized carbons (Fsp3) is 0.609. The highest BCUT2D eigenvalue weighted by atomic mass is 16.5. The van der Waals surface area contributed by atoms with Gasteiger partial charge in [-0.2, -0.15) is 0 Å². The van der Waals surface area contributed by atoms with Crippen LogP contribution < -0.4 is 15.4 Å². The van der Waals surface area contributed by atoms with Crippen molar-refractivity contribution >= 4 is 23.5 Å². The minimum atomic E-state index is -0.711. The van der Waals surface area contributed by atoms with Crippen molar-refractivity contribution in [1.82, 2.24) is 10.2 Å². The summed E-state index contributed by atoms with van der Waals surface area (Å²) < 4.78 is 16.5. The topological polar surface area (TPSA) is 106 Å². The summed E-state index contributed by atoms with van der Waals surface area (Å²) in [5.41, 5.74) is 0.636. The van der Waals surface area contributed by atoms with Crippen molar-refractivity contribution in [3.63, 3.8) is 0 Å². The Balaban J connectivity index is 1.47. The third kappa shape index (κ3) is 7.49. The molecular formula is C23H33N3O6. The molecule has 3 rings (SSSR count). The summed E-state index contributed by atoms with van der Waals surface area (Å²) in [5.74, 6) is -0.223. The molecule has 0 aliphatic carbocycles. The van der Waals surface area contributed by atoms with Gasteiger partial charge in [-0.1, -0.05) is 13.3 Å². The molecule has 1 aromatic carbocycles. The van der Waals surface area contributed by atoms with Gasteiger partial charge in [0, 0.05) is 25.4 Å². The van der Waals surface area contributed by atoms with Gasteiger partial charge in [-0.25, -0.2) is 0 Å². The van der Waals surface area contributed by atoms with Crippen LogP contribution in [0.5, 0.6) is 5.75 Å². The summed E-state index contributed by atoms with van der Waals surface area (Å²) in [4.78, 5) is 38.6. The van der Waals surface area contributed by atoms with Gasteiger partial charge in [0.1, 0.15) is 18.4 Å². The summed E-state index contributed by atoms with van der Waals surface area (Å²) in [7, 11) is 0. The Morgan fingerprint density at radius 3 is 2.81 bits per heavy atom. The second-order valence-electron chi connectivity index (χ2n) is 8.07. The maximum absolute atomic E-state index is 12.6. The first kappa shape index (κ1) is 24.0. The highest BCUT2D eigenvalue weighted by molar-refractivity contribution is 5.93. The molecule has 32 heavy (non-hydrogen) atoms. The molecule has 0 saturated carbocycles. The molecule has 0 radical (unpaired) electrons. The van der Waals surface area contributed by atoms with Crippen LogP contribution in [0.3, 0.4) is 0 Å². The van der Waals surface area contributed by atoms with Crippen LogP contribution in [-0.4, -0.2) is 74.3 Å². The van der Waals surface area contributed by atoms with Gasteiger partial charge in [-0.15, -0.1) is 0 Å². The molecule has 9 nitrogen and oxygen atoms in total. The quantitative estimate of drug-likeness (QED) is 0.393. The number of hydrogen-bond acceptors (Lipinski definition) is 7. The summed E-state index contributed by atoms with van der Waals surface area (Å²) in [6, 6.07) is 6.43. The number of nitrogens with zero attached hydrogens (tertiary/aromatic N) is 1. The van der Waals surface area contributed by atoms with Crippen molar-refractivity contribution in [2.24, 2.45) is 0 Å². The van der Waals surface area contributed by atoms with E-state index in [1.54, 1.807) is 29.2 Å². The average Bonchev–Trinajstić information content (AvgIpc) is 3.29. The molecule has 0 aromatic heterocycles. The minimum Gasteiger partial charge on any atom is -0.491 e. The minimum absolute atomic E-state index is 0.0115. The van der Waals surface area contributed by atoms with E-state index in [9.17, 15) is 14.4 Å². The Hall–Kier alpha value is -2.65. The number of piperazine rings is 1. The molecule has 2 amide bonds. The van der Waals surface area contributed by atoms with Gasteiger partial charge in [0.25, 0.3) is 0 Å². The number of hydrogen-bond donors (Lipinski definition) is 2. The molecule has 0 bridgehead atoms. The molecule has 2 aliphatic heterocycles. The number of benzene rings is 1. The van der Waals surface area contributed by atoms with Crippen LogP contribution in [0.1, 0.15) is 39.0 Å². The van der Waals surface area contributed by atoms with Crippen LogP contribution in [0, 0.1) is 0 Å². The first-order valence-electron chi connectivity index (χ1n) is 11.4. The lowest BCUT2D eigenvalue weighted by molar-refractivity contribution is -0.149. The lowest BCUT2D eigenvalue weighted by atomic mass is 10.1. The zero-order valence-electron chi connectivity index (χ0n) is 18.6. The number of nitrogens with one attached hydrogen (secondary N) is 2. The predicted octanol–water partition coefficient (Wildman–Crippen LogP) is 1.72. The van der Waals surface area contributed by atoms with E-state index in [0.717, 1.165) is 32.3 Å². The van der Waals surface area contributed by atoms with Crippen molar-refractivity contribution in [1.29, 1.82) is 0 Å². The number of anilines is 1. The standard InChI is InChI=1S/C23H33N3O6/c1-2-3-12-31-22(28)14-20-23(29)24-10-11-26(20)15-21(27)25-17-6-8-18(9-7-17)32-16-19-5-4-13-30-19/h6-9,19-20H,2-5,10-16H2,1H3,(H,24,29)(H,25,27). The summed E-state index contributed by atoms with van der Waals surface area (Å²) in [5, 5.41) is 5.59. The zero-order valence-corrected chi connectivity index (χ0v) is 18.6. The molecule has 2 saturated heterocycles. The van der Waals surface area contributed by atoms with Crippen molar-refractivity contribution in [3.05, 3.63) is 24.3 Å². The van der Waals surface area contributed by atoms with Crippen molar-refractivity contribution < 1.29 is 28.6 Å². The Labute approximate surface area is 188 Å². The third-order valence-corrected chi connectivity index (χ3v) is 5.51. The van der Waals surface area contributed by atoms with E-state index in [-0.39, 0.29) is 30.9 Å². The average molecular weight is 448 g/mol. The van der Waals surface area contributed by atoms with Gasteiger partial charge < -0.3 is 24.8 Å². The van der Waals surface area contributed by atoms with E-state index in [0.29, 0.717) is 37.7 Å². The molecule has 2 fully saturated rings. The number of amides is 2. The largest absolute Gasteiger partial charge is 0.491 e. The Kier molecular flexibility index (Phi) is 9.30. The smallest absolute Gasteiger partial charge is 0.307 e. The van der Waals surface area contributed by atoms with Crippen LogP contribution in [0.25, 0.3) is 0 Å². The highest BCUT2D eigenvalue weighted by Crippen LogP contribution is 2.19. The van der Waals surface area contributed by atoms with Gasteiger partial charge in [0.15, 0.2) is 0 Å². The van der Waals surface area contributed by atoms with Crippen LogP contribution >= 0.6 is 0 Å². The first-order valence-corrected chi connectivity index (χ1v) is 11.4. The normalized spacial score (nSPS) is 21.1. The van der Waals surface area contributed by atoms with E-state index in [1.165, 1.54) is 0 Å². The van der Waals surface area contributed by atoms with Crippen molar-refractivity contribution in [3.8, 4) is 5.75 Å². The SMILES string of the molecule is CCCCOC(=O)CC1C(=O)NCCN1CC(=O)Nc1ccc(OCC2CCCO2)cc1. The fourth-order valence-corrected chi connectivity index (χ4v) is 3.70. The van der Waals surface area contributed by atoms with Gasteiger partial charge >= 0.3 is 5.97 Å². The molecule has 9 heteroatoms. The molecule has 2 heterocycles. The van der Waals surface area contributed by atoms with Gasteiger partial charge in [0.2, 0.25) is 11.8 Å². The molecule has 2 aliphatic rings. The van der Waals surface area contributed by atoms with Gasteiger partial charge in [-0.3, -0.25) is 19.3 Å². The number of carbonyl (C=O) groups is 3. The third-order valence-electron chi connectivity index (χ3n) is 5.51. The van der Waals surface area contributed by atoms with Crippen LogP contribution in [0.15, 0.2) is 24.3 Å². The highest BCUT2D eigenvalue weighted by Gasteiger charge is 2.33. The zero-order chi connectivity index (χ0) is 22.8. The van der Waals surface area contributed by atoms with E-state index >= 15 is 0 Å². The summed E-state index contributed by atoms with van der Waals surface area (Å²) in [6.45, 7) is 4.60. The summed E-state index contributed by atoms with van der Waals surface area (Å²) in [6.07, 6.45) is 3.87. The monoisotopic (exact) mass is 447 g/mol. The maximum Gasteiger partial charge on any atom is 0.307 e. The van der Waals surface area contributed by atoms with Gasteiger partial charge in [-0.05, 0) is 43.5 Å². The second kappa shape index (κ2) is 12.4. The Morgan fingerprint density at radius 1 is 1.28 bits per heavy atom. The van der Waals surface area contributed by atoms with Crippen LogP contribution in [0.2, 0.25) is 0 Å². The summed E-state index contributed by atoms with van der Waals surface area (Å²) >= 11 is 0. The molecule has 2 atom stereocenters. The Bertz CT molecular complexity index is 764. The molecule has 176 valence electrons. The first-order chi connectivity index (χ1) is 15.5. The molecule has 2 unspecified atom stereocenters. The number of ether oxygens (including phenoxy) is 3. The van der Waals surface area contributed by atoms with Gasteiger partial charge in [0.05, 0.1) is 25.7 Å². The number of esters is 1. The fourth-order valence-electron chi connectivity index (χ4n) is 3.70. The van der Waals surface area contributed by atoms with Crippen LogP contribution in [-0.2, 0) is 23.9 Å². The molecule has 2 N–H and O–H groups in total. The maximum atomic E-state index is 12.6. The van der Waals surface area contributed by atoms with Crippen LogP contribution in [0.4, 0.5) is 5.69 Å². The van der Waals surface area contributed by atoms with Crippen molar-refractivity contribution in [2.45, 2.75) is 51.2 Å². The number of unbranched alkanes of at least 4 members (excludes halogenated alkanes) is 1. The predicted molar refractivity (Wildman–Crippen MR) is 118 cm³/mol. The number of carbonyl (C=O) groups excluding carboxylic acids is 3.